The minimum Gasteiger partial charge on any atom is -0.481 e. The Hall–Kier alpha value is -4.78. The van der Waals surface area contributed by atoms with Gasteiger partial charge in [0.05, 0.1) is 50.3 Å². The van der Waals surface area contributed by atoms with E-state index < -0.39 is 5.97 Å². The lowest BCUT2D eigenvalue weighted by Gasteiger charge is -2.26. The quantitative estimate of drug-likeness (QED) is 0.0741. The number of esters is 3. The molecular formula is C50H65BrN2O10. The van der Waals surface area contributed by atoms with Gasteiger partial charge in [0.15, 0.2) is 0 Å². The summed E-state index contributed by atoms with van der Waals surface area (Å²) in [6, 6.07) is 17.1. The number of halogens is 1. The van der Waals surface area contributed by atoms with Crippen molar-refractivity contribution in [3.8, 4) is 0 Å². The SMILES string of the molecule is COC(=O)C1CCC(C(=O)CBr)CC1.COC(=O)C1CCC(C(=O)O)CC1.COC(=O)C1CCC(c2cc3ccccn3c2)CC1.O=CC1CCC(c2cc3ccccn3c2)CC1. The molecule has 0 bridgehead atoms. The summed E-state index contributed by atoms with van der Waals surface area (Å²) < 4.78 is 18.5. The first-order valence-corrected chi connectivity index (χ1v) is 23.7. The summed E-state index contributed by atoms with van der Waals surface area (Å²) in [4.78, 5) is 66.5. The molecule has 342 valence electrons. The zero-order valence-electron chi connectivity index (χ0n) is 37.0. The first-order chi connectivity index (χ1) is 30.5. The zero-order valence-corrected chi connectivity index (χ0v) is 38.6. The molecule has 4 fully saturated rings. The Labute approximate surface area is 379 Å². The third kappa shape index (κ3) is 14.1. The molecular weight excluding hydrogens is 868 g/mol. The minimum absolute atomic E-state index is 0.0133. The number of aliphatic carboxylic acids is 1. The molecule has 4 saturated carbocycles. The molecule has 0 aliphatic heterocycles. The van der Waals surface area contributed by atoms with Crippen LogP contribution in [-0.2, 0) is 43.0 Å². The number of carbonyl (C=O) groups is 6. The second kappa shape index (κ2) is 24.9. The number of carboxylic acid groups (broad SMARTS) is 1. The molecule has 0 amide bonds. The molecule has 0 saturated heterocycles. The Morgan fingerprint density at radius 3 is 1.29 bits per heavy atom. The molecule has 12 nitrogen and oxygen atoms in total. The maximum Gasteiger partial charge on any atom is 0.308 e. The molecule has 1 N–H and O–H groups in total. The van der Waals surface area contributed by atoms with E-state index in [0.717, 1.165) is 83.3 Å². The Balaban J connectivity index is 0.000000160. The van der Waals surface area contributed by atoms with Crippen LogP contribution in [0.4, 0.5) is 0 Å². The van der Waals surface area contributed by atoms with Gasteiger partial charge in [-0.1, -0.05) is 28.1 Å². The molecule has 4 heterocycles. The van der Waals surface area contributed by atoms with Crippen LogP contribution in [0.3, 0.4) is 0 Å². The van der Waals surface area contributed by atoms with Crippen molar-refractivity contribution in [2.45, 2.75) is 115 Å². The van der Waals surface area contributed by atoms with Crippen molar-refractivity contribution < 1.29 is 48.1 Å². The number of nitrogens with zero attached hydrogens (tertiary/aromatic N) is 2. The molecule has 0 atom stereocenters. The predicted molar refractivity (Wildman–Crippen MR) is 244 cm³/mol. The number of pyridine rings is 2. The molecule has 0 unspecified atom stereocenters. The van der Waals surface area contributed by atoms with E-state index in [0.29, 0.717) is 48.8 Å². The van der Waals surface area contributed by atoms with Crippen LogP contribution in [0, 0.1) is 35.5 Å². The number of carbonyl (C=O) groups excluding carboxylic acids is 5. The van der Waals surface area contributed by atoms with E-state index in [4.69, 9.17) is 9.84 Å². The molecule has 63 heavy (non-hydrogen) atoms. The van der Waals surface area contributed by atoms with Crippen molar-refractivity contribution in [2.75, 3.05) is 26.7 Å². The lowest BCUT2D eigenvalue weighted by Crippen LogP contribution is -2.27. The number of hydrogen-bond donors (Lipinski definition) is 1. The molecule has 4 aromatic heterocycles. The van der Waals surface area contributed by atoms with E-state index >= 15 is 0 Å². The number of Topliss-reactive ketones (excluding diaryl/α,β-unsaturated/α-hetero) is 1. The number of rotatable bonds is 9. The fourth-order valence-electron chi connectivity index (χ4n) is 9.69. The molecule has 13 heteroatoms. The Morgan fingerprint density at radius 1 is 0.571 bits per heavy atom. The molecule has 4 aliphatic carbocycles. The average Bonchev–Trinajstić information content (AvgIpc) is 3.99. The van der Waals surface area contributed by atoms with Gasteiger partial charge in [-0.25, -0.2) is 0 Å². The van der Waals surface area contributed by atoms with Crippen molar-refractivity contribution in [3.05, 3.63) is 84.4 Å². The van der Waals surface area contributed by atoms with Gasteiger partial charge in [-0.2, -0.15) is 0 Å². The first kappa shape index (κ1) is 49.2. The van der Waals surface area contributed by atoms with Gasteiger partial charge >= 0.3 is 23.9 Å². The van der Waals surface area contributed by atoms with E-state index in [1.54, 1.807) is 0 Å². The van der Waals surface area contributed by atoms with E-state index in [1.165, 1.54) is 43.5 Å². The summed E-state index contributed by atoms with van der Waals surface area (Å²) in [6.07, 6.45) is 23.9. The monoisotopic (exact) mass is 932 g/mol. The van der Waals surface area contributed by atoms with Gasteiger partial charge in [-0.15, -0.1) is 0 Å². The molecule has 0 radical (unpaired) electrons. The van der Waals surface area contributed by atoms with Crippen LogP contribution in [-0.4, -0.2) is 76.5 Å². The molecule has 0 spiro atoms. The number of alkyl halides is 1. The van der Waals surface area contributed by atoms with Crippen molar-refractivity contribution in [2.24, 2.45) is 35.5 Å². The largest absolute Gasteiger partial charge is 0.481 e. The normalized spacial score (nSPS) is 25.6. The van der Waals surface area contributed by atoms with Crippen molar-refractivity contribution in [1.29, 1.82) is 0 Å². The van der Waals surface area contributed by atoms with Crippen LogP contribution in [0.15, 0.2) is 73.3 Å². The van der Waals surface area contributed by atoms with Crippen molar-refractivity contribution in [3.63, 3.8) is 0 Å². The molecule has 8 rings (SSSR count). The van der Waals surface area contributed by atoms with E-state index in [-0.39, 0.29) is 53.3 Å². The van der Waals surface area contributed by atoms with Gasteiger partial charge in [0.25, 0.3) is 0 Å². The predicted octanol–water partition coefficient (Wildman–Crippen LogP) is 9.78. The summed E-state index contributed by atoms with van der Waals surface area (Å²) in [5.41, 5.74) is 5.34. The number of ether oxygens (including phenoxy) is 3. The summed E-state index contributed by atoms with van der Waals surface area (Å²) in [7, 11) is 4.26. The summed E-state index contributed by atoms with van der Waals surface area (Å²) in [5.74, 6) is 0.598. The number of methoxy groups -OCH3 is 3. The standard InChI is InChI=1S/C16H19NO2.C15H17NO.C10H15BrO3.C9H14O4/c1-19-16(18)13-7-5-12(6-8-13)14-10-15-4-2-3-9-17(15)11-14;17-11-12-4-6-13(7-5-12)14-9-15-3-1-2-8-16(15)10-14;1-14-10(13)8-4-2-7(3-5-8)9(12)6-11;1-13-9(12)7-4-2-6(3-5-7)8(10)11/h2-4,9-13H,5-8H2,1H3;1-3,8-13H,4-7H2;7-8H,2-6H2,1H3;6-7H,2-5H2,1H3,(H,10,11). The highest BCUT2D eigenvalue weighted by Gasteiger charge is 2.32. The van der Waals surface area contributed by atoms with Gasteiger partial charge in [-0.3, -0.25) is 24.0 Å². The second-order valence-corrected chi connectivity index (χ2v) is 18.1. The summed E-state index contributed by atoms with van der Waals surface area (Å²) in [5, 5.41) is 9.14. The number of fused-ring (bicyclic) bond motifs is 2. The van der Waals surface area contributed by atoms with Gasteiger partial charge in [0, 0.05) is 47.7 Å². The van der Waals surface area contributed by atoms with Crippen molar-refractivity contribution >= 4 is 62.9 Å². The van der Waals surface area contributed by atoms with Crippen LogP contribution in [0.5, 0.6) is 0 Å². The summed E-state index contributed by atoms with van der Waals surface area (Å²) >= 11 is 3.17. The van der Waals surface area contributed by atoms with Gasteiger partial charge in [0.1, 0.15) is 12.1 Å². The highest BCUT2D eigenvalue weighted by Crippen LogP contribution is 2.38. The lowest BCUT2D eigenvalue weighted by molar-refractivity contribution is -0.150. The van der Waals surface area contributed by atoms with Crippen LogP contribution < -0.4 is 0 Å². The maximum absolute atomic E-state index is 11.5. The number of ketones is 1. The Kier molecular flexibility index (Phi) is 19.5. The lowest BCUT2D eigenvalue weighted by atomic mass is 9.79. The number of aromatic nitrogens is 2. The highest BCUT2D eigenvalue weighted by molar-refractivity contribution is 9.09. The van der Waals surface area contributed by atoms with Gasteiger partial charge in [-0.05, 0) is 162 Å². The van der Waals surface area contributed by atoms with Gasteiger partial charge < -0.3 is 32.9 Å². The topological polar surface area (TPSA) is 159 Å². The third-order valence-electron chi connectivity index (χ3n) is 13.7. The van der Waals surface area contributed by atoms with Crippen LogP contribution in [0.2, 0.25) is 0 Å². The van der Waals surface area contributed by atoms with Gasteiger partial charge in [0.2, 0.25) is 0 Å². The second-order valence-electron chi connectivity index (χ2n) is 17.5. The van der Waals surface area contributed by atoms with Crippen LogP contribution in [0.1, 0.15) is 126 Å². The van der Waals surface area contributed by atoms with E-state index in [9.17, 15) is 28.8 Å². The molecule has 4 aliphatic rings. The number of carboxylic acids is 1. The Morgan fingerprint density at radius 2 is 0.937 bits per heavy atom. The zero-order chi connectivity index (χ0) is 45.3. The molecule has 4 aromatic rings. The average molecular weight is 934 g/mol. The summed E-state index contributed by atoms with van der Waals surface area (Å²) in [6.45, 7) is 0. The van der Waals surface area contributed by atoms with E-state index in [1.807, 2.05) is 6.07 Å². The fourth-order valence-corrected chi connectivity index (χ4v) is 10.1. The Bertz CT molecular complexity index is 2010. The smallest absolute Gasteiger partial charge is 0.308 e. The fraction of sp³-hybridized carbons (Fsp3) is 0.560. The number of hydrogen-bond acceptors (Lipinski definition) is 9. The number of aldehydes is 1. The van der Waals surface area contributed by atoms with Crippen LogP contribution >= 0.6 is 15.9 Å². The van der Waals surface area contributed by atoms with E-state index in [2.05, 4.69) is 101 Å². The molecule has 0 aromatic carbocycles. The maximum atomic E-state index is 11.5. The highest BCUT2D eigenvalue weighted by atomic mass is 79.9. The third-order valence-corrected chi connectivity index (χ3v) is 14.2. The van der Waals surface area contributed by atoms with Crippen LogP contribution in [0.25, 0.3) is 11.0 Å². The minimum atomic E-state index is -0.747. The van der Waals surface area contributed by atoms with Crippen molar-refractivity contribution in [1.82, 2.24) is 8.80 Å². The first-order valence-electron chi connectivity index (χ1n) is 22.6.